The quantitative estimate of drug-likeness (QED) is 0.292. The first-order valence-electron chi connectivity index (χ1n) is 4.86. The maximum absolute atomic E-state index is 11.3. The Morgan fingerprint density at radius 1 is 1.28 bits per heavy atom. The number of rotatable bonds is 3. The molecule has 0 aliphatic rings. The molecule has 0 atom stereocenters. The van der Waals surface area contributed by atoms with Crippen LogP contribution in [0, 0.1) is 5.53 Å². The number of nitrogens with one attached hydrogen (secondary N) is 2. The summed E-state index contributed by atoms with van der Waals surface area (Å²) >= 11 is 0. The van der Waals surface area contributed by atoms with E-state index >= 15 is 0 Å². The number of fused-ring (bicyclic) bond motifs is 1. The monoisotopic (exact) mass is 266 g/mol. The maximum Gasteiger partial charge on any atom is 0.295 e. The fourth-order valence-corrected chi connectivity index (χ4v) is 2.49. The molecule has 0 amide bonds. The van der Waals surface area contributed by atoms with Gasteiger partial charge in [-0.15, -0.1) is 0 Å². The first-order valence-corrected chi connectivity index (χ1v) is 6.30. The fourth-order valence-electron chi connectivity index (χ4n) is 1.77. The molecule has 2 rings (SSSR count). The van der Waals surface area contributed by atoms with Gasteiger partial charge >= 0.3 is 0 Å². The molecular formula is C10H10N4O3S. The van der Waals surface area contributed by atoms with Crippen LogP contribution in [0.1, 0.15) is 0 Å². The molecule has 0 radical (unpaired) electrons. The van der Waals surface area contributed by atoms with Crippen LogP contribution in [0.4, 0.5) is 11.4 Å². The first-order chi connectivity index (χ1) is 8.49. The third kappa shape index (κ3) is 1.92. The van der Waals surface area contributed by atoms with Gasteiger partial charge < -0.3 is 5.43 Å². The summed E-state index contributed by atoms with van der Waals surface area (Å²) in [4.78, 5) is -0.279. The number of anilines is 1. The SMILES string of the molecule is N=Nc1c(NN)cc(S(=O)(=O)O)c2ccccc12. The largest absolute Gasteiger partial charge is 0.322 e. The average Bonchev–Trinajstić information content (AvgIpc) is 2.35. The summed E-state index contributed by atoms with van der Waals surface area (Å²) in [5.41, 5.74) is 9.73. The molecule has 0 unspecified atom stereocenters. The summed E-state index contributed by atoms with van der Waals surface area (Å²) in [6, 6.07) is 7.56. The van der Waals surface area contributed by atoms with Crippen molar-refractivity contribution in [2.24, 2.45) is 11.0 Å². The normalized spacial score (nSPS) is 11.4. The van der Waals surface area contributed by atoms with Crippen LogP contribution >= 0.6 is 0 Å². The van der Waals surface area contributed by atoms with Crippen LogP contribution in [0.5, 0.6) is 0 Å². The summed E-state index contributed by atoms with van der Waals surface area (Å²) in [7, 11) is -4.39. The molecule has 0 heterocycles. The number of hydrogen-bond donors (Lipinski definition) is 4. The van der Waals surface area contributed by atoms with Crippen molar-refractivity contribution in [1.29, 1.82) is 5.53 Å². The Balaban J connectivity index is 3.02. The van der Waals surface area contributed by atoms with Gasteiger partial charge in [0.15, 0.2) is 0 Å². The highest BCUT2D eigenvalue weighted by Crippen LogP contribution is 2.37. The van der Waals surface area contributed by atoms with Crippen LogP contribution in [0.3, 0.4) is 0 Å². The van der Waals surface area contributed by atoms with E-state index in [-0.39, 0.29) is 21.7 Å². The van der Waals surface area contributed by atoms with Crippen LogP contribution in [0.25, 0.3) is 10.8 Å². The minimum absolute atomic E-state index is 0.149. The Bertz CT molecular complexity index is 727. The first kappa shape index (κ1) is 12.4. The minimum Gasteiger partial charge on any atom is -0.322 e. The Labute approximate surface area is 103 Å². The van der Waals surface area contributed by atoms with E-state index in [0.29, 0.717) is 5.39 Å². The highest BCUT2D eigenvalue weighted by molar-refractivity contribution is 7.86. The van der Waals surface area contributed by atoms with E-state index in [1.54, 1.807) is 18.2 Å². The molecular weight excluding hydrogens is 256 g/mol. The van der Waals surface area contributed by atoms with E-state index in [0.717, 1.165) is 6.07 Å². The summed E-state index contributed by atoms with van der Waals surface area (Å²) < 4.78 is 31.8. The number of nitrogen functional groups attached to an aromatic ring is 1. The van der Waals surface area contributed by atoms with Crippen molar-refractivity contribution in [3.63, 3.8) is 0 Å². The van der Waals surface area contributed by atoms with Crippen LogP contribution in [0.2, 0.25) is 0 Å². The van der Waals surface area contributed by atoms with E-state index in [1.807, 2.05) is 0 Å². The minimum atomic E-state index is -4.39. The molecule has 0 spiro atoms. The summed E-state index contributed by atoms with van der Waals surface area (Å²) in [5.74, 6) is 5.26. The Morgan fingerprint density at radius 3 is 2.39 bits per heavy atom. The van der Waals surface area contributed by atoms with Gasteiger partial charge in [0.05, 0.1) is 5.69 Å². The van der Waals surface area contributed by atoms with Crippen molar-refractivity contribution in [3.8, 4) is 0 Å². The summed E-state index contributed by atoms with van der Waals surface area (Å²) in [6.07, 6.45) is 0. The van der Waals surface area contributed by atoms with Crippen LogP contribution < -0.4 is 11.3 Å². The van der Waals surface area contributed by atoms with Crippen molar-refractivity contribution >= 4 is 32.3 Å². The molecule has 0 aromatic heterocycles. The molecule has 0 fully saturated rings. The number of nitrogens with zero attached hydrogens (tertiary/aromatic N) is 1. The van der Waals surface area contributed by atoms with Crippen LogP contribution in [0.15, 0.2) is 40.3 Å². The van der Waals surface area contributed by atoms with Crippen molar-refractivity contribution < 1.29 is 13.0 Å². The van der Waals surface area contributed by atoms with Gasteiger partial charge in [0.2, 0.25) is 0 Å². The Morgan fingerprint density at radius 2 is 1.89 bits per heavy atom. The Kier molecular flexibility index (Phi) is 2.99. The number of hydrazine groups is 1. The highest BCUT2D eigenvalue weighted by atomic mass is 32.2. The van der Waals surface area contributed by atoms with Crippen molar-refractivity contribution in [3.05, 3.63) is 30.3 Å². The van der Waals surface area contributed by atoms with Gasteiger partial charge in [-0.25, -0.2) is 5.53 Å². The zero-order valence-corrected chi connectivity index (χ0v) is 9.90. The maximum atomic E-state index is 11.3. The molecule has 94 valence electrons. The van der Waals surface area contributed by atoms with Crippen LogP contribution in [-0.2, 0) is 10.1 Å². The molecule has 5 N–H and O–H groups in total. The van der Waals surface area contributed by atoms with E-state index in [1.165, 1.54) is 6.07 Å². The molecule has 7 nitrogen and oxygen atoms in total. The van der Waals surface area contributed by atoms with Crippen LogP contribution in [-0.4, -0.2) is 13.0 Å². The standard InChI is InChI=1S/C10H10N4O3S/c11-13-8-5-9(18(15,16)17)6-3-1-2-4-7(6)10(8)14-12/h1-5,12-13H,11H2,(H,15,16,17). The zero-order valence-electron chi connectivity index (χ0n) is 9.08. The van der Waals surface area contributed by atoms with E-state index in [4.69, 9.17) is 11.4 Å². The van der Waals surface area contributed by atoms with Crippen molar-refractivity contribution in [1.82, 2.24) is 0 Å². The van der Waals surface area contributed by atoms with E-state index < -0.39 is 10.1 Å². The van der Waals surface area contributed by atoms with Crippen molar-refractivity contribution in [2.45, 2.75) is 4.90 Å². The topological polar surface area (TPSA) is 129 Å². The van der Waals surface area contributed by atoms with E-state index in [9.17, 15) is 13.0 Å². The molecule has 0 aliphatic heterocycles. The lowest BCUT2D eigenvalue weighted by Gasteiger charge is -2.10. The lowest BCUT2D eigenvalue weighted by atomic mass is 10.1. The fraction of sp³-hybridized carbons (Fsp3) is 0. The third-order valence-electron chi connectivity index (χ3n) is 2.52. The number of nitrogens with two attached hydrogens (primary N) is 1. The summed E-state index contributed by atoms with van der Waals surface area (Å²) in [5, 5.41) is 4.02. The highest BCUT2D eigenvalue weighted by Gasteiger charge is 2.18. The lowest BCUT2D eigenvalue weighted by molar-refractivity contribution is 0.484. The second-order valence-corrected chi connectivity index (χ2v) is 4.94. The average molecular weight is 266 g/mol. The predicted octanol–water partition coefficient (Wildman–Crippen LogP) is 2.03. The van der Waals surface area contributed by atoms with E-state index in [2.05, 4.69) is 10.5 Å². The molecule has 0 saturated carbocycles. The summed E-state index contributed by atoms with van der Waals surface area (Å²) in [6.45, 7) is 0. The zero-order chi connectivity index (χ0) is 13.3. The third-order valence-corrected chi connectivity index (χ3v) is 3.42. The molecule has 8 heteroatoms. The molecule has 18 heavy (non-hydrogen) atoms. The van der Waals surface area contributed by atoms with Gasteiger partial charge in [0.25, 0.3) is 10.1 Å². The molecule has 0 aliphatic carbocycles. The number of benzene rings is 2. The van der Waals surface area contributed by atoms with Gasteiger partial charge in [0, 0.05) is 10.8 Å². The second kappa shape index (κ2) is 4.33. The van der Waals surface area contributed by atoms with Gasteiger partial charge in [-0.3, -0.25) is 10.4 Å². The molecule has 0 bridgehead atoms. The molecule has 2 aromatic carbocycles. The van der Waals surface area contributed by atoms with Gasteiger partial charge in [-0.1, -0.05) is 24.3 Å². The van der Waals surface area contributed by atoms with Crippen molar-refractivity contribution in [2.75, 3.05) is 5.43 Å². The Hall–Kier alpha value is -2.03. The van der Waals surface area contributed by atoms with Gasteiger partial charge in [0.1, 0.15) is 10.6 Å². The van der Waals surface area contributed by atoms with Gasteiger partial charge in [-0.05, 0) is 6.07 Å². The van der Waals surface area contributed by atoms with Gasteiger partial charge in [-0.2, -0.15) is 13.5 Å². The molecule has 0 saturated heterocycles. The second-order valence-electron chi connectivity index (χ2n) is 3.55. The predicted molar refractivity (Wildman–Crippen MR) is 66.4 cm³/mol. The molecule has 2 aromatic rings. The smallest absolute Gasteiger partial charge is 0.295 e. The lowest BCUT2D eigenvalue weighted by Crippen LogP contribution is -2.09. The number of hydrogen-bond acceptors (Lipinski definition) is 6.